The molecule has 0 radical (unpaired) electrons. The van der Waals surface area contributed by atoms with Crippen LogP contribution in [-0.4, -0.2) is 42.9 Å². The topological polar surface area (TPSA) is 32.7 Å². The Labute approximate surface area is 125 Å². The molecule has 1 aliphatic rings. The first-order chi connectivity index (χ1) is 9.72. The third-order valence-electron chi connectivity index (χ3n) is 3.77. The van der Waals surface area contributed by atoms with Gasteiger partial charge in [0.05, 0.1) is 17.6 Å². The summed E-state index contributed by atoms with van der Waals surface area (Å²) in [6, 6.07) is 4.23. The van der Waals surface area contributed by atoms with E-state index in [2.05, 4.69) is 35.8 Å². The zero-order valence-electron chi connectivity index (χ0n) is 12.3. The fourth-order valence-electron chi connectivity index (χ4n) is 2.50. The van der Waals surface area contributed by atoms with E-state index in [0.29, 0.717) is 18.4 Å². The van der Waals surface area contributed by atoms with Crippen molar-refractivity contribution in [2.24, 2.45) is 5.92 Å². The second-order valence-electron chi connectivity index (χ2n) is 5.32. The van der Waals surface area contributed by atoms with E-state index in [1.807, 2.05) is 7.11 Å². The Bertz CT molecular complexity index is 474. The molecule has 2 heterocycles. The van der Waals surface area contributed by atoms with Crippen molar-refractivity contribution in [1.82, 2.24) is 4.90 Å². The smallest absolute Gasteiger partial charge is 0.0771 e. The van der Waals surface area contributed by atoms with Crippen LogP contribution in [0.1, 0.15) is 29.5 Å². The van der Waals surface area contributed by atoms with Crippen LogP contribution in [0.5, 0.6) is 0 Å². The largest absolute Gasteiger partial charge is 0.395 e. The number of aliphatic hydroxyl groups is 1. The summed E-state index contributed by atoms with van der Waals surface area (Å²) in [4.78, 5) is 4.90. The van der Waals surface area contributed by atoms with Crippen LogP contribution in [0, 0.1) is 17.8 Å². The van der Waals surface area contributed by atoms with E-state index in [0.717, 1.165) is 24.5 Å². The second kappa shape index (κ2) is 7.80. The monoisotopic (exact) mass is 293 g/mol. The molecule has 0 spiro atoms. The van der Waals surface area contributed by atoms with Crippen molar-refractivity contribution in [2.75, 3.05) is 26.8 Å². The number of likely N-dealkylation sites (tertiary alicyclic amines) is 1. The molecule has 1 N–H and O–H groups in total. The third-order valence-corrected chi connectivity index (χ3v) is 4.75. The number of ether oxygens (including phenoxy) is 1. The molecular weight excluding hydrogens is 270 g/mol. The van der Waals surface area contributed by atoms with Gasteiger partial charge in [-0.2, -0.15) is 0 Å². The van der Waals surface area contributed by atoms with Crippen molar-refractivity contribution in [3.8, 4) is 11.8 Å². The van der Waals surface area contributed by atoms with Crippen LogP contribution >= 0.6 is 11.3 Å². The van der Waals surface area contributed by atoms with Crippen molar-refractivity contribution in [2.45, 2.75) is 32.4 Å². The van der Waals surface area contributed by atoms with Crippen LogP contribution in [0.4, 0.5) is 0 Å². The lowest BCUT2D eigenvalue weighted by Crippen LogP contribution is -2.43. The van der Waals surface area contributed by atoms with Gasteiger partial charge >= 0.3 is 0 Å². The number of aliphatic hydroxyl groups excluding tert-OH is 1. The maximum absolute atomic E-state index is 8.72. The molecule has 3 nitrogen and oxygen atoms in total. The number of piperidine rings is 1. The molecule has 2 unspecified atom stereocenters. The molecule has 0 aromatic carbocycles. The Morgan fingerprint density at radius 2 is 2.35 bits per heavy atom. The van der Waals surface area contributed by atoms with Crippen molar-refractivity contribution in [1.29, 1.82) is 0 Å². The molecule has 2 atom stereocenters. The lowest BCUT2D eigenvalue weighted by atomic mass is 9.96. The molecule has 20 heavy (non-hydrogen) atoms. The molecule has 0 bridgehead atoms. The first kappa shape index (κ1) is 15.5. The van der Waals surface area contributed by atoms with Crippen LogP contribution in [0.15, 0.2) is 12.1 Å². The Morgan fingerprint density at radius 3 is 3.10 bits per heavy atom. The molecule has 0 saturated carbocycles. The lowest BCUT2D eigenvalue weighted by molar-refractivity contribution is -0.00716. The van der Waals surface area contributed by atoms with E-state index in [9.17, 15) is 0 Å². The minimum Gasteiger partial charge on any atom is -0.395 e. The Balaban J connectivity index is 1.89. The average molecular weight is 293 g/mol. The van der Waals surface area contributed by atoms with Gasteiger partial charge in [-0.1, -0.05) is 18.8 Å². The van der Waals surface area contributed by atoms with Gasteiger partial charge in [0.1, 0.15) is 0 Å². The number of methoxy groups -OCH3 is 1. The van der Waals surface area contributed by atoms with E-state index >= 15 is 0 Å². The molecule has 1 aromatic heterocycles. The van der Waals surface area contributed by atoms with Gasteiger partial charge < -0.3 is 9.84 Å². The fourth-order valence-corrected chi connectivity index (χ4v) is 3.43. The van der Waals surface area contributed by atoms with Gasteiger partial charge in [-0.3, -0.25) is 4.90 Å². The Morgan fingerprint density at radius 1 is 1.50 bits per heavy atom. The summed E-state index contributed by atoms with van der Waals surface area (Å²) >= 11 is 1.75. The van der Waals surface area contributed by atoms with E-state index in [4.69, 9.17) is 9.84 Å². The van der Waals surface area contributed by atoms with Crippen LogP contribution in [-0.2, 0) is 11.3 Å². The van der Waals surface area contributed by atoms with Crippen molar-refractivity contribution in [3.05, 3.63) is 21.9 Å². The van der Waals surface area contributed by atoms with Crippen molar-refractivity contribution in [3.63, 3.8) is 0 Å². The van der Waals surface area contributed by atoms with Crippen LogP contribution in [0.25, 0.3) is 0 Å². The summed E-state index contributed by atoms with van der Waals surface area (Å²) < 4.78 is 5.56. The molecule has 1 saturated heterocycles. The molecule has 0 amide bonds. The summed E-state index contributed by atoms with van der Waals surface area (Å²) in [7, 11) is 1.81. The van der Waals surface area contributed by atoms with Crippen LogP contribution in [0.2, 0.25) is 0 Å². The van der Waals surface area contributed by atoms with E-state index in [1.54, 1.807) is 11.3 Å². The number of hydrogen-bond acceptors (Lipinski definition) is 4. The molecule has 1 aromatic rings. The minimum atomic E-state index is 0.135. The number of nitrogens with zero attached hydrogens (tertiary/aromatic N) is 1. The summed E-state index contributed by atoms with van der Waals surface area (Å²) in [6.45, 7) is 5.55. The molecule has 4 heteroatoms. The first-order valence-corrected chi connectivity index (χ1v) is 7.98. The summed E-state index contributed by atoms with van der Waals surface area (Å²) in [5.74, 6) is 6.71. The highest BCUT2D eigenvalue weighted by Gasteiger charge is 2.25. The maximum atomic E-state index is 8.72. The zero-order valence-corrected chi connectivity index (χ0v) is 13.1. The average Bonchev–Trinajstić information content (AvgIpc) is 2.89. The lowest BCUT2D eigenvalue weighted by Gasteiger charge is -2.35. The fraction of sp³-hybridized carbons (Fsp3) is 0.625. The van der Waals surface area contributed by atoms with Gasteiger partial charge in [-0.25, -0.2) is 0 Å². The van der Waals surface area contributed by atoms with Crippen LogP contribution in [0.3, 0.4) is 0 Å². The predicted molar refractivity (Wildman–Crippen MR) is 82.8 cm³/mol. The normalized spacial score (nSPS) is 23.4. The van der Waals surface area contributed by atoms with Gasteiger partial charge in [-0.05, 0) is 31.0 Å². The highest BCUT2D eigenvalue weighted by molar-refractivity contribution is 7.12. The summed E-state index contributed by atoms with van der Waals surface area (Å²) in [5.41, 5.74) is 0. The summed E-state index contributed by atoms with van der Waals surface area (Å²) in [6.07, 6.45) is 2.10. The minimum absolute atomic E-state index is 0.135. The number of hydrogen-bond donors (Lipinski definition) is 1. The van der Waals surface area contributed by atoms with Gasteiger partial charge in [0, 0.05) is 31.5 Å². The summed E-state index contributed by atoms with van der Waals surface area (Å²) in [5, 5.41) is 8.72. The van der Waals surface area contributed by atoms with Gasteiger partial charge in [0.25, 0.3) is 0 Å². The van der Waals surface area contributed by atoms with Gasteiger partial charge in [-0.15, -0.1) is 11.3 Å². The number of thiophene rings is 1. The van der Waals surface area contributed by atoms with E-state index in [-0.39, 0.29) is 6.61 Å². The van der Waals surface area contributed by atoms with Gasteiger partial charge in [0.15, 0.2) is 0 Å². The molecule has 0 aliphatic carbocycles. The number of rotatable bonds is 4. The molecule has 2 rings (SSSR count). The predicted octanol–water partition coefficient (Wildman–Crippen LogP) is 2.34. The Kier molecular flexibility index (Phi) is 6.06. The molecule has 110 valence electrons. The Hall–Kier alpha value is -0.860. The quantitative estimate of drug-likeness (QED) is 0.865. The highest BCUT2D eigenvalue weighted by Crippen LogP contribution is 2.23. The zero-order chi connectivity index (χ0) is 14.4. The second-order valence-corrected chi connectivity index (χ2v) is 6.48. The first-order valence-electron chi connectivity index (χ1n) is 7.16. The molecule has 1 fully saturated rings. The molecular formula is C16H23NO2S. The highest BCUT2D eigenvalue weighted by atomic mass is 32.1. The third kappa shape index (κ3) is 4.32. The SMILES string of the molecule is COC1CN(Cc2ccc(C#CCCO)s2)CCC1C. The van der Waals surface area contributed by atoms with Gasteiger partial charge in [0.2, 0.25) is 0 Å². The van der Waals surface area contributed by atoms with Crippen LogP contribution < -0.4 is 0 Å². The van der Waals surface area contributed by atoms with Crippen molar-refractivity contribution < 1.29 is 9.84 Å². The standard InChI is InChI=1S/C16H23NO2S/c1-13-8-9-17(12-16(13)19-2)11-15-7-6-14(20-15)5-3-4-10-18/h6-7,13,16,18H,4,8-12H2,1-2H3. The van der Waals surface area contributed by atoms with Crippen molar-refractivity contribution >= 4 is 11.3 Å². The van der Waals surface area contributed by atoms with E-state index < -0.39 is 0 Å². The maximum Gasteiger partial charge on any atom is 0.0771 e. The molecule has 1 aliphatic heterocycles. The van der Waals surface area contributed by atoms with E-state index in [1.165, 1.54) is 11.3 Å².